The van der Waals surface area contributed by atoms with Gasteiger partial charge < -0.3 is 4.74 Å². The van der Waals surface area contributed by atoms with Gasteiger partial charge in [0, 0.05) is 23.4 Å². The summed E-state index contributed by atoms with van der Waals surface area (Å²) in [6.45, 7) is 9.68. The number of benzene rings is 2. The van der Waals surface area contributed by atoms with Crippen LogP contribution < -0.4 is 4.72 Å². The van der Waals surface area contributed by atoms with Crippen molar-refractivity contribution in [3.63, 3.8) is 0 Å². The third-order valence-corrected chi connectivity index (χ3v) is 7.49. The van der Waals surface area contributed by atoms with Gasteiger partial charge in [0.2, 0.25) is 0 Å². The molecule has 0 aliphatic carbocycles. The number of sulfonamides is 1. The first-order valence-electron chi connectivity index (χ1n) is 12.4. The SMILES string of the molecule is CCCCc1nc2c(C)nc(C)cc2n1-c1ccc(-c2cc(C)ccc2S(=O)(=O)NC(=O)OCC)cc1. The summed E-state index contributed by atoms with van der Waals surface area (Å²) >= 11 is 0. The van der Waals surface area contributed by atoms with Gasteiger partial charge in [-0.15, -0.1) is 0 Å². The summed E-state index contributed by atoms with van der Waals surface area (Å²) in [6, 6.07) is 14.8. The Morgan fingerprint density at radius 3 is 2.41 bits per heavy atom. The molecule has 4 rings (SSSR count). The van der Waals surface area contributed by atoms with Gasteiger partial charge in [0.25, 0.3) is 10.0 Å². The first-order valence-corrected chi connectivity index (χ1v) is 13.9. The topological polar surface area (TPSA) is 103 Å². The molecule has 194 valence electrons. The van der Waals surface area contributed by atoms with Crippen molar-refractivity contribution in [2.75, 3.05) is 6.61 Å². The predicted octanol–water partition coefficient (Wildman–Crippen LogP) is 5.79. The van der Waals surface area contributed by atoms with Crippen molar-refractivity contribution in [1.82, 2.24) is 19.3 Å². The molecule has 0 aliphatic heterocycles. The number of hydrogen-bond acceptors (Lipinski definition) is 6. The van der Waals surface area contributed by atoms with E-state index in [1.807, 2.05) is 55.8 Å². The van der Waals surface area contributed by atoms with Gasteiger partial charge in [0.1, 0.15) is 11.3 Å². The summed E-state index contributed by atoms with van der Waals surface area (Å²) in [6.07, 6.45) is 1.91. The fourth-order valence-corrected chi connectivity index (χ4v) is 5.54. The highest BCUT2D eigenvalue weighted by atomic mass is 32.2. The van der Waals surface area contributed by atoms with Crippen molar-refractivity contribution in [2.45, 2.75) is 58.8 Å². The number of fused-ring (bicyclic) bond motifs is 1. The lowest BCUT2D eigenvalue weighted by atomic mass is 10.0. The molecule has 0 saturated carbocycles. The molecule has 8 nitrogen and oxygen atoms in total. The Balaban J connectivity index is 1.80. The minimum atomic E-state index is -4.13. The molecule has 1 N–H and O–H groups in total. The smallest absolute Gasteiger partial charge is 0.421 e. The number of amides is 1. The molecule has 0 radical (unpaired) electrons. The minimum Gasteiger partial charge on any atom is -0.449 e. The number of carbonyl (C=O) groups is 1. The van der Waals surface area contributed by atoms with Crippen molar-refractivity contribution in [3.05, 3.63) is 71.3 Å². The highest BCUT2D eigenvalue weighted by molar-refractivity contribution is 7.90. The number of ether oxygens (including phenoxy) is 1. The first-order chi connectivity index (χ1) is 17.6. The summed E-state index contributed by atoms with van der Waals surface area (Å²) in [5.74, 6) is 0.970. The van der Waals surface area contributed by atoms with Crippen LogP contribution in [0.1, 0.15) is 49.5 Å². The van der Waals surface area contributed by atoms with Crippen LogP contribution in [0.3, 0.4) is 0 Å². The van der Waals surface area contributed by atoms with E-state index in [4.69, 9.17) is 9.72 Å². The number of nitrogens with zero attached hydrogens (tertiary/aromatic N) is 3. The van der Waals surface area contributed by atoms with Gasteiger partial charge >= 0.3 is 6.09 Å². The molecule has 0 spiro atoms. The fourth-order valence-electron chi connectivity index (χ4n) is 4.44. The Hall–Kier alpha value is -3.72. The molecule has 0 bridgehead atoms. The maximum absolute atomic E-state index is 13.0. The third kappa shape index (κ3) is 5.51. The molecule has 0 unspecified atom stereocenters. The van der Waals surface area contributed by atoms with Gasteiger partial charge in [-0.3, -0.25) is 9.55 Å². The quantitative estimate of drug-likeness (QED) is 0.315. The maximum atomic E-state index is 13.0. The van der Waals surface area contributed by atoms with Gasteiger partial charge in [-0.05, 0) is 63.9 Å². The van der Waals surface area contributed by atoms with E-state index in [0.29, 0.717) is 11.1 Å². The molecular weight excluding hydrogens is 488 g/mol. The number of aromatic nitrogens is 3. The second-order valence-corrected chi connectivity index (χ2v) is 10.7. The van der Waals surface area contributed by atoms with Gasteiger partial charge in [-0.2, -0.15) is 0 Å². The van der Waals surface area contributed by atoms with E-state index < -0.39 is 16.1 Å². The summed E-state index contributed by atoms with van der Waals surface area (Å²) in [5.41, 5.74) is 6.75. The first kappa shape index (κ1) is 26.3. The van der Waals surface area contributed by atoms with Crippen LogP contribution in [0.15, 0.2) is 53.4 Å². The summed E-state index contributed by atoms with van der Waals surface area (Å²) in [4.78, 5) is 21.4. The van der Waals surface area contributed by atoms with Crippen LogP contribution in [0.5, 0.6) is 0 Å². The van der Waals surface area contributed by atoms with Crippen molar-refractivity contribution in [3.8, 4) is 16.8 Å². The van der Waals surface area contributed by atoms with Gasteiger partial charge in [0.05, 0.1) is 22.7 Å². The molecule has 4 aromatic rings. The van der Waals surface area contributed by atoms with Crippen LogP contribution in [0.4, 0.5) is 4.79 Å². The van der Waals surface area contributed by atoms with Crippen LogP contribution in [-0.2, 0) is 21.2 Å². The maximum Gasteiger partial charge on any atom is 0.421 e. The Kier molecular flexibility index (Phi) is 7.63. The van der Waals surface area contributed by atoms with Crippen LogP contribution in [0.2, 0.25) is 0 Å². The van der Waals surface area contributed by atoms with E-state index >= 15 is 0 Å². The molecule has 2 aromatic heterocycles. The molecule has 0 atom stereocenters. The fraction of sp³-hybridized carbons (Fsp3) is 0.321. The molecule has 9 heteroatoms. The Bertz CT molecular complexity index is 1560. The lowest BCUT2D eigenvalue weighted by Gasteiger charge is -2.14. The second kappa shape index (κ2) is 10.7. The highest BCUT2D eigenvalue weighted by Gasteiger charge is 2.23. The molecule has 1 amide bonds. The van der Waals surface area contributed by atoms with Crippen molar-refractivity contribution < 1.29 is 17.9 Å². The van der Waals surface area contributed by atoms with Crippen LogP contribution in [-0.4, -0.2) is 35.7 Å². The minimum absolute atomic E-state index is 0.00735. The Labute approximate surface area is 217 Å². The monoisotopic (exact) mass is 520 g/mol. The van der Waals surface area contributed by atoms with E-state index in [1.54, 1.807) is 19.1 Å². The molecular formula is C28H32N4O4S. The number of imidazole rings is 1. The van der Waals surface area contributed by atoms with E-state index in [-0.39, 0.29) is 11.5 Å². The Morgan fingerprint density at radius 1 is 1.00 bits per heavy atom. The molecule has 0 aliphatic rings. The van der Waals surface area contributed by atoms with Crippen LogP contribution in [0.25, 0.3) is 27.8 Å². The number of carbonyl (C=O) groups excluding carboxylic acids is 1. The van der Waals surface area contributed by atoms with Crippen LogP contribution in [0, 0.1) is 20.8 Å². The molecule has 0 saturated heterocycles. The van der Waals surface area contributed by atoms with Gasteiger partial charge in [0.15, 0.2) is 0 Å². The molecule has 2 heterocycles. The zero-order chi connectivity index (χ0) is 26.7. The average Bonchev–Trinajstić information content (AvgIpc) is 3.21. The zero-order valence-electron chi connectivity index (χ0n) is 21.8. The number of pyridine rings is 1. The van der Waals surface area contributed by atoms with E-state index in [9.17, 15) is 13.2 Å². The largest absolute Gasteiger partial charge is 0.449 e. The standard InChI is InChI=1S/C28H32N4O4S/c1-6-8-9-26-30-27-20(5)29-19(4)17-24(27)32(26)22-13-11-21(12-14-22)23-16-18(3)10-15-25(23)37(34,35)31-28(33)36-7-2/h10-17H,6-9H2,1-5H3,(H,31,33). The number of nitrogens with one attached hydrogen (secondary N) is 1. The molecule has 2 aromatic carbocycles. The lowest BCUT2D eigenvalue weighted by Crippen LogP contribution is -2.31. The summed E-state index contributed by atoms with van der Waals surface area (Å²) < 4.78 is 34.9. The summed E-state index contributed by atoms with van der Waals surface area (Å²) in [5, 5.41) is 0. The Morgan fingerprint density at radius 2 is 1.73 bits per heavy atom. The van der Waals surface area contributed by atoms with E-state index in [2.05, 4.69) is 16.5 Å². The highest BCUT2D eigenvalue weighted by Crippen LogP contribution is 2.31. The number of rotatable bonds is 8. The van der Waals surface area contributed by atoms with Crippen molar-refractivity contribution >= 4 is 27.1 Å². The van der Waals surface area contributed by atoms with E-state index in [0.717, 1.165) is 58.8 Å². The number of hydrogen-bond donors (Lipinski definition) is 1. The predicted molar refractivity (Wildman–Crippen MR) is 144 cm³/mol. The normalized spacial score (nSPS) is 11.6. The lowest BCUT2D eigenvalue weighted by molar-refractivity contribution is 0.158. The van der Waals surface area contributed by atoms with E-state index in [1.165, 1.54) is 6.07 Å². The van der Waals surface area contributed by atoms with Gasteiger partial charge in [-0.25, -0.2) is 22.9 Å². The average molecular weight is 521 g/mol. The summed E-state index contributed by atoms with van der Waals surface area (Å²) in [7, 11) is -4.13. The number of aryl methyl sites for hydroxylation is 4. The zero-order valence-corrected chi connectivity index (χ0v) is 22.6. The van der Waals surface area contributed by atoms with Crippen molar-refractivity contribution in [1.29, 1.82) is 0 Å². The molecule has 0 fully saturated rings. The third-order valence-electron chi connectivity index (χ3n) is 6.12. The van der Waals surface area contributed by atoms with Crippen LogP contribution >= 0.6 is 0 Å². The van der Waals surface area contributed by atoms with Gasteiger partial charge in [-0.1, -0.05) is 43.2 Å². The molecule has 37 heavy (non-hydrogen) atoms. The number of unbranched alkanes of at least 4 members (excludes halogenated alkanes) is 1. The van der Waals surface area contributed by atoms with Crippen molar-refractivity contribution in [2.24, 2.45) is 0 Å². The second-order valence-electron chi connectivity index (χ2n) is 9.06.